The van der Waals surface area contributed by atoms with Crippen molar-refractivity contribution in [3.8, 4) is 11.1 Å². The van der Waals surface area contributed by atoms with Gasteiger partial charge in [-0.05, 0) is 28.7 Å². The van der Waals surface area contributed by atoms with E-state index in [4.69, 9.17) is 5.11 Å². The number of amides is 1. The second-order valence-electron chi connectivity index (χ2n) is 5.44. The number of hydrogen-bond donors (Lipinski definition) is 2. The summed E-state index contributed by atoms with van der Waals surface area (Å²) in [5.41, 5.74) is 4.95. The smallest absolute Gasteiger partial charge is 0.322 e. The molecule has 1 aliphatic carbocycles. The van der Waals surface area contributed by atoms with Gasteiger partial charge in [-0.15, -0.1) is 0 Å². The van der Waals surface area contributed by atoms with Crippen molar-refractivity contribution in [2.45, 2.75) is 18.8 Å². The fraction of sp³-hybridized carbons (Fsp3) is 0.222. The number of nitrogens with one attached hydrogen (secondary N) is 1. The Labute approximate surface area is 128 Å². The van der Waals surface area contributed by atoms with Gasteiger partial charge in [0.1, 0.15) is 6.54 Å². The third-order valence-electron chi connectivity index (χ3n) is 4.06. The van der Waals surface area contributed by atoms with Crippen LogP contribution in [0.2, 0.25) is 0 Å². The average Bonchev–Trinajstić information content (AvgIpc) is 2.85. The number of fused-ring (bicyclic) bond motifs is 3. The van der Waals surface area contributed by atoms with Crippen LogP contribution in [0.3, 0.4) is 0 Å². The lowest BCUT2D eigenvalue weighted by atomic mass is 9.92. The van der Waals surface area contributed by atoms with E-state index in [1.807, 2.05) is 24.3 Å². The van der Waals surface area contributed by atoms with E-state index in [-0.39, 0.29) is 18.4 Å². The molecule has 4 heteroatoms. The highest BCUT2D eigenvalue weighted by Crippen LogP contribution is 2.46. The van der Waals surface area contributed by atoms with Gasteiger partial charge in [0.25, 0.3) is 0 Å². The van der Waals surface area contributed by atoms with Crippen molar-refractivity contribution in [1.82, 2.24) is 5.32 Å². The van der Waals surface area contributed by atoms with Gasteiger partial charge in [-0.1, -0.05) is 48.5 Å². The topological polar surface area (TPSA) is 66.4 Å². The molecule has 4 nitrogen and oxygen atoms in total. The van der Waals surface area contributed by atoms with Gasteiger partial charge >= 0.3 is 5.97 Å². The lowest BCUT2D eigenvalue weighted by Gasteiger charge is -2.13. The summed E-state index contributed by atoms with van der Waals surface area (Å²) in [6.45, 7) is -0.323. The molecule has 0 bridgehead atoms. The van der Waals surface area contributed by atoms with Gasteiger partial charge in [-0.25, -0.2) is 0 Å². The zero-order chi connectivity index (χ0) is 15.5. The van der Waals surface area contributed by atoms with Crippen LogP contribution in [0, 0.1) is 0 Å². The van der Waals surface area contributed by atoms with Crippen LogP contribution in [0.5, 0.6) is 0 Å². The zero-order valence-corrected chi connectivity index (χ0v) is 12.1. The maximum Gasteiger partial charge on any atom is 0.322 e. The first-order valence-electron chi connectivity index (χ1n) is 7.33. The molecular formula is C18H17NO3. The summed E-state index contributed by atoms with van der Waals surface area (Å²) < 4.78 is 0. The summed E-state index contributed by atoms with van der Waals surface area (Å²) in [7, 11) is 0. The summed E-state index contributed by atoms with van der Waals surface area (Å²) in [6.07, 6.45) is 1.00. The van der Waals surface area contributed by atoms with E-state index in [9.17, 15) is 9.59 Å². The minimum absolute atomic E-state index is 0.197. The number of hydrogen-bond acceptors (Lipinski definition) is 2. The van der Waals surface area contributed by atoms with E-state index >= 15 is 0 Å². The molecule has 0 spiro atoms. The predicted molar refractivity (Wildman–Crippen MR) is 83.6 cm³/mol. The van der Waals surface area contributed by atoms with Crippen LogP contribution in [0.1, 0.15) is 29.9 Å². The van der Waals surface area contributed by atoms with E-state index in [1.165, 1.54) is 22.3 Å². The molecule has 0 aromatic heterocycles. The molecule has 112 valence electrons. The fourth-order valence-electron chi connectivity index (χ4n) is 3.11. The molecule has 2 N–H and O–H groups in total. The molecule has 0 heterocycles. The normalized spacial score (nSPS) is 12.5. The number of carbonyl (C=O) groups is 2. The lowest BCUT2D eigenvalue weighted by molar-refractivity contribution is -0.137. The second-order valence-corrected chi connectivity index (χ2v) is 5.44. The first-order chi connectivity index (χ1) is 10.7. The number of aliphatic carboxylic acids is 1. The van der Waals surface area contributed by atoms with Crippen molar-refractivity contribution >= 4 is 11.9 Å². The number of carbonyl (C=O) groups excluding carboxylic acids is 1. The van der Waals surface area contributed by atoms with E-state index in [2.05, 4.69) is 29.6 Å². The first kappa shape index (κ1) is 14.3. The average molecular weight is 295 g/mol. The summed E-state index contributed by atoms with van der Waals surface area (Å²) >= 11 is 0. The molecule has 0 fully saturated rings. The Morgan fingerprint density at radius 2 is 1.50 bits per heavy atom. The first-order valence-corrected chi connectivity index (χ1v) is 7.33. The molecule has 0 saturated heterocycles. The highest BCUT2D eigenvalue weighted by atomic mass is 16.4. The predicted octanol–water partition coefficient (Wildman–Crippen LogP) is 2.78. The van der Waals surface area contributed by atoms with Gasteiger partial charge in [0.2, 0.25) is 5.91 Å². The number of carboxylic acid groups (broad SMARTS) is 1. The quantitative estimate of drug-likeness (QED) is 0.891. The minimum atomic E-state index is -1.02. The van der Waals surface area contributed by atoms with Crippen molar-refractivity contribution in [2.75, 3.05) is 6.54 Å². The molecule has 0 radical (unpaired) electrons. The SMILES string of the molecule is O=C(O)CNC(=O)CCC1c2ccccc2-c2ccccc21. The Balaban J connectivity index is 1.77. The van der Waals surface area contributed by atoms with Gasteiger partial charge in [-0.3, -0.25) is 9.59 Å². The molecule has 2 aromatic rings. The van der Waals surface area contributed by atoms with Crippen molar-refractivity contribution in [3.05, 3.63) is 59.7 Å². The van der Waals surface area contributed by atoms with Gasteiger partial charge in [0.05, 0.1) is 0 Å². The molecule has 1 amide bonds. The van der Waals surface area contributed by atoms with Crippen LogP contribution in [0.4, 0.5) is 0 Å². The van der Waals surface area contributed by atoms with Crippen LogP contribution in [-0.4, -0.2) is 23.5 Å². The molecule has 1 aliphatic rings. The van der Waals surface area contributed by atoms with E-state index in [0.29, 0.717) is 12.8 Å². The monoisotopic (exact) mass is 295 g/mol. The van der Waals surface area contributed by atoms with Crippen LogP contribution in [-0.2, 0) is 9.59 Å². The van der Waals surface area contributed by atoms with Crippen molar-refractivity contribution in [3.63, 3.8) is 0 Å². The number of rotatable bonds is 5. The molecule has 3 rings (SSSR count). The Morgan fingerprint density at radius 3 is 2.05 bits per heavy atom. The third kappa shape index (κ3) is 2.72. The lowest BCUT2D eigenvalue weighted by Crippen LogP contribution is -2.29. The third-order valence-corrected chi connectivity index (χ3v) is 4.06. The molecule has 0 aliphatic heterocycles. The maximum absolute atomic E-state index is 11.8. The standard InChI is InChI=1S/C18H17NO3/c20-17(19-11-18(21)22)10-9-16-14-7-3-1-5-12(14)13-6-2-4-8-15(13)16/h1-8,16H,9-11H2,(H,19,20)(H,21,22). The van der Waals surface area contributed by atoms with E-state index in [1.54, 1.807) is 0 Å². The van der Waals surface area contributed by atoms with Crippen LogP contribution < -0.4 is 5.32 Å². The Kier molecular flexibility index (Phi) is 3.92. The molecule has 22 heavy (non-hydrogen) atoms. The van der Waals surface area contributed by atoms with Gasteiger partial charge < -0.3 is 10.4 Å². The zero-order valence-electron chi connectivity index (χ0n) is 12.1. The summed E-state index contributed by atoms with van der Waals surface area (Å²) in [4.78, 5) is 22.2. The molecule has 2 aromatic carbocycles. The Bertz CT molecular complexity index is 678. The molecule has 0 unspecified atom stereocenters. The minimum Gasteiger partial charge on any atom is -0.480 e. The van der Waals surface area contributed by atoms with Crippen molar-refractivity contribution in [2.24, 2.45) is 0 Å². The van der Waals surface area contributed by atoms with Crippen LogP contribution in [0.25, 0.3) is 11.1 Å². The van der Waals surface area contributed by atoms with Gasteiger partial charge in [-0.2, -0.15) is 0 Å². The number of benzene rings is 2. The van der Waals surface area contributed by atoms with Crippen molar-refractivity contribution < 1.29 is 14.7 Å². The van der Waals surface area contributed by atoms with Crippen LogP contribution in [0.15, 0.2) is 48.5 Å². The summed E-state index contributed by atoms with van der Waals surface area (Å²) in [5.74, 6) is -1.04. The fourth-order valence-corrected chi connectivity index (χ4v) is 3.11. The van der Waals surface area contributed by atoms with Gasteiger partial charge in [0, 0.05) is 12.3 Å². The Morgan fingerprint density at radius 1 is 0.955 bits per heavy atom. The highest BCUT2D eigenvalue weighted by molar-refractivity contribution is 5.82. The Hall–Kier alpha value is -2.62. The van der Waals surface area contributed by atoms with Crippen LogP contribution >= 0.6 is 0 Å². The highest BCUT2D eigenvalue weighted by Gasteiger charge is 2.27. The van der Waals surface area contributed by atoms with Crippen molar-refractivity contribution in [1.29, 1.82) is 0 Å². The van der Waals surface area contributed by atoms with E-state index in [0.717, 1.165) is 0 Å². The summed E-state index contributed by atoms with van der Waals surface area (Å²) in [6, 6.07) is 16.5. The summed E-state index contributed by atoms with van der Waals surface area (Å²) in [5, 5.41) is 11.0. The second kappa shape index (κ2) is 6.02. The molecular weight excluding hydrogens is 278 g/mol. The maximum atomic E-state index is 11.8. The van der Waals surface area contributed by atoms with Gasteiger partial charge in [0.15, 0.2) is 0 Å². The number of carboxylic acids is 1. The molecule has 0 saturated carbocycles. The van der Waals surface area contributed by atoms with E-state index < -0.39 is 5.97 Å². The largest absolute Gasteiger partial charge is 0.480 e. The molecule has 0 atom stereocenters.